The highest BCUT2D eigenvalue weighted by molar-refractivity contribution is 5.81. The predicted molar refractivity (Wildman–Crippen MR) is 88.4 cm³/mol. The Labute approximate surface area is 127 Å². The molecule has 1 aromatic heterocycles. The van der Waals surface area contributed by atoms with Gasteiger partial charge in [0.25, 0.3) is 0 Å². The monoisotopic (exact) mass is 289 g/mol. The molecule has 116 valence electrons. The van der Waals surface area contributed by atoms with Gasteiger partial charge in [0.2, 0.25) is 0 Å². The molecule has 0 amide bonds. The van der Waals surface area contributed by atoms with Crippen molar-refractivity contribution in [1.82, 2.24) is 9.80 Å². The lowest BCUT2D eigenvalue weighted by molar-refractivity contribution is 0.182. The fraction of sp³-hybridized carbons (Fsp3) is 0.529. The van der Waals surface area contributed by atoms with Crippen LogP contribution in [-0.2, 0) is 0 Å². The topological polar surface area (TPSA) is 45.6 Å². The molecule has 0 radical (unpaired) electrons. The van der Waals surface area contributed by atoms with E-state index in [0.717, 1.165) is 31.6 Å². The van der Waals surface area contributed by atoms with E-state index in [0.29, 0.717) is 6.54 Å². The van der Waals surface area contributed by atoms with Crippen LogP contribution in [0.3, 0.4) is 0 Å². The van der Waals surface area contributed by atoms with Crippen molar-refractivity contribution in [2.75, 3.05) is 40.3 Å². The third kappa shape index (κ3) is 3.84. The molecule has 0 bridgehead atoms. The minimum absolute atomic E-state index is 0.216. The summed E-state index contributed by atoms with van der Waals surface area (Å²) in [5.74, 6) is 0. The molecule has 4 nitrogen and oxygen atoms in total. The molecular weight excluding hydrogens is 262 g/mol. The van der Waals surface area contributed by atoms with Crippen molar-refractivity contribution in [1.29, 1.82) is 0 Å². The van der Waals surface area contributed by atoms with E-state index in [1.165, 1.54) is 10.9 Å². The molecule has 0 saturated heterocycles. The molecule has 2 N–H and O–H groups in total. The molecule has 0 aliphatic heterocycles. The van der Waals surface area contributed by atoms with E-state index >= 15 is 0 Å². The molecule has 1 heterocycles. The highest BCUT2D eigenvalue weighted by Crippen LogP contribution is 2.29. The standard InChI is InChI=1S/C17H27N3O/c1-4-9-20(11-10-19(2)3)16(12-18)15-13-21-17-8-6-5-7-14(15)17/h5-8,13,16H,4,9-12,18H2,1-3H3. The average Bonchev–Trinajstić information content (AvgIpc) is 2.89. The number of nitrogens with zero attached hydrogens (tertiary/aromatic N) is 2. The number of benzene rings is 1. The molecule has 2 rings (SSSR count). The normalized spacial score (nSPS) is 13.4. The van der Waals surface area contributed by atoms with Gasteiger partial charge < -0.3 is 15.1 Å². The zero-order valence-corrected chi connectivity index (χ0v) is 13.4. The molecule has 1 atom stereocenters. The quantitative estimate of drug-likeness (QED) is 0.811. The second kappa shape index (κ2) is 7.59. The van der Waals surface area contributed by atoms with Gasteiger partial charge in [-0.3, -0.25) is 4.90 Å². The predicted octanol–water partition coefficient (Wildman–Crippen LogP) is 2.71. The first-order valence-corrected chi connectivity index (χ1v) is 7.72. The fourth-order valence-corrected chi connectivity index (χ4v) is 2.77. The van der Waals surface area contributed by atoms with Gasteiger partial charge in [0.1, 0.15) is 5.58 Å². The first-order valence-electron chi connectivity index (χ1n) is 7.72. The Morgan fingerprint density at radius 1 is 1.14 bits per heavy atom. The number of fused-ring (bicyclic) bond motifs is 1. The summed E-state index contributed by atoms with van der Waals surface area (Å²) in [5, 5.41) is 1.18. The van der Waals surface area contributed by atoms with Crippen LogP contribution in [0.4, 0.5) is 0 Å². The summed E-state index contributed by atoms with van der Waals surface area (Å²) in [6.07, 6.45) is 3.00. The van der Waals surface area contributed by atoms with Crippen LogP contribution >= 0.6 is 0 Å². The van der Waals surface area contributed by atoms with Crippen LogP contribution in [0.25, 0.3) is 11.0 Å². The second-order valence-electron chi connectivity index (χ2n) is 5.78. The summed E-state index contributed by atoms with van der Waals surface area (Å²) in [5.41, 5.74) is 8.24. The van der Waals surface area contributed by atoms with Gasteiger partial charge in [-0.2, -0.15) is 0 Å². The lowest BCUT2D eigenvalue weighted by Crippen LogP contribution is -2.38. The number of likely N-dealkylation sites (N-methyl/N-ethyl adjacent to an activating group) is 1. The number of hydrogen-bond donors (Lipinski definition) is 1. The average molecular weight is 289 g/mol. The second-order valence-corrected chi connectivity index (χ2v) is 5.78. The highest BCUT2D eigenvalue weighted by atomic mass is 16.3. The van der Waals surface area contributed by atoms with Gasteiger partial charge >= 0.3 is 0 Å². The molecule has 0 aliphatic rings. The van der Waals surface area contributed by atoms with Gasteiger partial charge in [-0.25, -0.2) is 0 Å². The van der Waals surface area contributed by atoms with Crippen molar-refractivity contribution in [2.24, 2.45) is 5.73 Å². The molecule has 21 heavy (non-hydrogen) atoms. The van der Waals surface area contributed by atoms with Crippen LogP contribution in [0.2, 0.25) is 0 Å². The van der Waals surface area contributed by atoms with Crippen LogP contribution in [0, 0.1) is 0 Å². The van der Waals surface area contributed by atoms with Gasteiger partial charge in [0.15, 0.2) is 0 Å². The summed E-state index contributed by atoms with van der Waals surface area (Å²) in [6.45, 7) is 5.92. The number of rotatable bonds is 8. The Balaban J connectivity index is 2.26. The Morgan fingerprint density at radius 2 is 1.90 bits per heavy atom. The lowest BCUT2D eigenvalue weighted by Gasteiger charge is -2.31. The van der Waals surface area contributed by atoms with Crippen molar-refractivity contribution in [2.45, 2.75) is 19.4 Å². The van der Waals surface area contributed by atoms with Crippen molar-refractivity contribution >= 4 is 11.0 Å². The zero-order chi connectivity index (χ0) is 15.2. The maximum atomic E-state index is 6.10. The van der Waals surface area contributed by atoms with E-state index in [1.54, 1.807) is 0 Å². The van der Waals surface area contributed by atoms with E-state index in [2.05, 4.69) is 43.0 Å². The molecule has 1 unspecified atom stereocenters. The Kier molecular flexibility index (Phi) is 5.79. The zero-order valence-electron chi connectivity index (χ0n) is 13.4. The maximum Gasteiger partial charge on any atom is 0.134 e. The van der Waals surface area contributed by atoms with E-state index in [1.807, 2.05) is 18.4 Å². The smallest absolute Gasteiger partial charge is 0.134 e. The van der Waals surface area contributed by atoms with Crippen molar-refractivity contribution < 1.29 is 4.42 Å². The summed E-state index contributed by atoms with van der Waals surface area (Å²) in [4.78, 5) is 4.68. The fourth-order valence-electron chi connectivity index (χ4n) is 2.77. The van der Waals surface area contributed by atoms with Crippen molar-refractivity contribution in [3.05, 3.63) is 36.1 Å². The van der Waals surface area contributed by atoms with Gasteiger partial charge in [0.05, 0.1) is 12.3 Å². The number of furan rings is 1. The van der Waals surface area contributed by atoms with Crippen LogP contribution in [0.1, 0.15) is 24.9 Å². The molecule has 0 spiro atoms. The third-order valence-electron chi connectivity index (χ3n) is 3.88. The van der Waals surface area contributed by atoms with Crippen molar-refractivity contribution in [3.63, 3.8) is 0 Å². The van der Waals surface area contributed by atoms with Gasteiger partial charge in [-0.05, 0) is 33.1 Å². The minimum Gasteiger partial charge on any atom is -0.464 e. The summed E-state index contributed by atoms with van der Waals surface area (Å²) in [7, 11) is 4.21. The molecule has 1 aromatic carbocycles. The molecule has 0 aliphatic carbocycles. The summed E-state index contributed by atoms with van der Waals surface area (Å²) in [6, 6.07) is 8.40. The van der Waals surface area contributed by atoms with Crippen LogP contribution in [-0.4, -0.2) is 50.1 Å². The lowest BCUT2D eigenvalue weighted by atomic mass is 10.0. The number of hydrogen-bond acceptors (Lipinski definition) is 4. The van der Waals surface area contributed by atoms with Gasteiger partial charge in [-0.15, -0.1) is 0 Å². The molecule has 0 fully saturated rings. The molecular formula is C17H27N3O. The van der Waals surface area contributed by atoms with Crippen molar-refractivity contribution in [3.8, 4) is 0 Å². The molecule has 4 heteroatoms. The number of nitrogens with two attached hydrogens (primary N) is 1. The third-order valence-corrected chi connectivity index (χ3v) is 3.88. The van der Waals surface area contributed by atoms with Gasteiger partial charge in [0, 0.05) is 30.6 Å². The van der Waals surface area contributed by atoms with E-state index in [4.69, 9.17) is 10.2 Å². The van der Waals surface area contributed by atoms with E-state index in [9.17, 15) is 0 Å². The molecule has 0 saturated carbocycles. The minimum atomic E-state index is 0.216. The first kappa shape index (κ1) is 16.0. The van der Waals surface area contributed by atoms with Crippen LogP contribution in [0.15, 0.2) is 34.9 Å². The highest BCUT2D eigenvalue weighted by Gasteiger charge is 2.22. The molecule has 2 aromatic rings. The SMILES string of the molecule is CCCN(CCN(C)C)C(CN)c1coc2ccccc12. The Bertz CT molecular complexity index is 550. The summed E-state index contributed by atoms with van der Waals surface area (Å²) >= 11 is 0. The Morgan fingerprint density at radius 3 is 2.57 bits per heavy atom. The van der Waals surface area contributed by atoms with Crippen LogP contribution in [0.5, 0.6) is 0 Å². The Hall–Kier alpha value is -1.36. The first-order chi connectivity index (χ1) is 10.2. The largest absolute Gasteiger partial charge is 0.464 e. The maximum absolute atomic E-state index is 6.10. The van der Waals surface area contributed by atoms with Crippen LogP contribution < -0.4 is 5.73 Å². The van der Waals surface area contributed by atoms with E-state index in [-0.39, 0.29) is 6.04 Å². The summed E-state index contributed by atoms with van der Waals surface area (Å²) < 4.78 is 5.69. The van der Waals surface area contributed by atoms with E-state index < -0.39 is 0 Å². The number of para-hydroxylation sites is 1. The van der Waals surface area contributed by atoms with Gasteiger partial charge in [-0.1, -0.05) is 25.1 Å².